The highest BCUT2D eigenvalue weighted by Crippen LogP contribution is 2.15. The molecule has 1 aromatic rings. The van der Waals surface area contributed by atoms with E-state index in [1.807, 2.05) is 19.1 Å². The van der Waals surface area contributed by atoms with Crippen LogP contribution in [-0.4, -0.2) is 30.1 Å². The fourth-order valence-corrected chi connectivity index (χ4v) is 1.32. The van der Waals surface area contributed by atoms with Gasteiger partial charge in [0.2, 0.25) is 0 Å². The average molecular weight is 230 g/mol. The number of hydrogen-bond acceptors (Lipinski definition) is 6. The van der Waals surface area contributed by atoms with Gasteiger partial charge >= 0.3 is 0 Å². The lowest BCUT2D eigenvalue weighted by Gasteiger charge is -2.18. The Morgan fingerprint density at radius 3 is 2.41 bits per heavy atom. The Kier molecular flexibility index (Phi) is 4.71. The van der Waals surface area contributed by atoms with Crippen molar-refractivity contribution in [2.75, 3.05) is 30.4 Å². The van der Waals surface area contributed by atoms with Crippen molar-refractivity contribution in [3.05, 3.63) is 11.9 Å². The van der Waals surface area contributed by atoms with E-state index in [4.69, 9.17) is 10.5 Å². The summed E-state index contributed by atoms with van der Waals surface area (Å²) in [5.74, 6) is 1.98. The Labute approximate surface area is 101 Å². The number of aryl methyl sites for hydroxylation is 1. The summed E-state index contributed by atoms with van der Waals surface area (Å²) in [4.78, 5) is 10.2. The molecule has 0 aromatic carbocycles. The third kappa shape index (κ3) is 3.32. The monoisotopic (exact) mass is 230 g/mol. The van der Waals surface area contributed by atoms with Gasteiger partial charge in [-0.1, -0.05) is 6.92 Å². The highest BCUT2D eigenvalue weighted by molar-refractivity contribution is 5.50. The first-order chi connectivity index (χ1) is 8.24. The van der Waals surface area contributed by atoms with Gasteiger partial charge in [0.1, 0.15) is 30.5 Å². The third-order valence-electron chi connectivity index (χ3n) is 2.18. The largest absolute Gasteiger partial charge is 0.373 e. The Bertz CT molecular complexity index is 418. The molecule has 1 N–H and O–H groups in total. The smallest absolute Gasteiger partial charge is 0.136 e. The van der Waals surface area contributed by atoms with E-state index in [0.717, 1.165) is 0 Å². The van der Waals surface area contributed by atoms with Crippen molar-refractivity contribution in [2.24, 2.45) is 0 Å². The topological polar surface area (TPSA) is 88.6 Å². The van der Waals surface area contributed by atoms with E-state index in [2.05, 4.69) is 15.3 Å². The summed E-state index contributed by atoms with van der Waals surface area (Å²) in [6.45, 7) is 2.23. The van der Waals surface area contributed by atoms with E-state index < -0.39 is 0 Å². The van der Waals surface area contributed by atoms with Crippen LogP contribution in [0.25, 0.3) is 0 Å². The predicted octanol–water partition coefficient (Wildman–Crippen LogP) is 0.934. The molecule has 88 valence electrons. The van der Waals surface area contributed by atoms with Crippen LogP contribution in [0.5, 0.6) is 0 Å². The van der Waals surface area contributed by atoms with Gasteiger partial charge in [0.05, 0.1) is 12.1 Å². The maximum Gasteiger partial charge on any atom is 0.136 e. The molecule has 0 amide bonds. The normalized spacial score (nSPS) is 9.18. The Balaban J connectivity index is 3.09. The van der Waals surface area contributed by atoms with E-state index in [1.54, 1.807) is 18.0 Å². The number of rotatable bonds is 5. The van der Waals surface area contributed by atoms with Gasteiger partial charge in [-0.25, -0.2) is 9.97 Å². The fraction of sp³-hybridized carbons (Fsp3) is 0.455. The summed E-state index contributed by atoms with van der Waals surface area (Å²) < 4.78 is 0. The molecule has 0 saturated heterocycles. The van der Waals surface area contributed by atoms with Crippen molar-refractivity contribution in [3.63, 3.8) is 0 Å². The maximum absolute atomic E-state index is 8.72. The molecule has 6 nitrogen and oxygen atoms in total. The number of nitriles is 2. The van der Waals surface area contributed by atoms with Gasteiger partial charge < -0.3 is 10.2 Å². The zero-order valence-electron chi connectivity index (χ0n) is 9.93. The van der Waals surface area contributed by atoms with Gasteiger partial charge in [-0.3, -0.25) is 0 Å². The van der Waals surface area contributed by atoms with Crippen LogP contribution < -0.4 is 10.2 Å². The molecule has 0 unspecified atom stereocenters. The van der Waals surface area contributed by atoms with Crippen LogP contribution in [0.3, 0.4) is 0 Å². The quantitative estimate of drug-likeness (QED) is 0.757. The summed E-state index contributed by atoms with van der Waals surface area (Å²) in [7, 11) is 1.77. The van der Waals surface area contributed by atoms with Crippen molar-refractivity contribution in [2.45, 2.75) is 13.3 Å². The molecule has 1 heterocycles. The second-order valence-electron chi connectivity index (χ2n) is 3.30. The molecule has 0 atom stereocenters. The number of aromatic nitrogens is 2. The van der Waals surface area contributed by atoms with Crippen LogP contribution in [0.15, 0.2) is 6.07 Å². The SMILES string of the molecule is CCc1nc(NC)cc(N(CC#N)CC#N)n1. The number of nitrogens with zero attached hydrogens (tertiary/aromatic N) is 5. The zero-order valence-corrected chi connectivity index (χ0v) is 9.93. The molecular formula is C11H14N6. The minimum atomic E-state index is 0.136. The molecule has 0 fully saturated rings. The third-order valence-corrected chi connectivity index (χ3v) is 2.18. The zero-order chi connectivity index (χ0) is 12.7. The second-order valence-corrected chi connectivity index (χ2v) is 3.30. The molecular weight excluding hydrogens is 216 g/mol. The fourth-order valence-electron chi connectivity index (χ4n) is 1.32. The van der Waals surface area contributed by atoms with Crippen LogP contribution in [0.2, 0.25) is 0 Å². The molecule has 0 aliphatic rings. The summed E-state index contributed by atoms with van der Waals surface area (Å²) >= 11 is 0. The summed E-state index contributed by atoms with van der Waals surface area (Å²) in [6.07, 6.45) is 0.704. The van der Waals surface area contributed by atoms with Crippen LogP contribution in [-0.2, 0) is 6.42 Å². The first-order valence-electron chi connectivity index (χ1n) is 5.29. The predicted molar refractivity (Wildman–Crippen MR) is 64.4 cm³/mol. The van der Waals surface area contributed by atoms with Crippen LogP contribution in [0, 0.1) is 22.7 Å². The van der Waals surface area contributed by atoms with Gasteiger partial charge in [-0.15, -0.1) is 0 Å². The average Bonchev–Trinajstić information content (AvgIpc) is 2.37. The number of hydrogen-bond donors (Lipinski definition) is 1. The van der Waals surface area contributed by atoms with Gasteiger partial charge in [0.25, 0.3) is 0 Å². The van der Waals surface area contributed by atoms with Crippen molar-refractivity contribution in [1.29, 1.82) is 10.5 Å². The molecule has 1 aromatic heterocycles. The standard InChI is InChI=1S/C11H14N6/c1-3-9-15-10(14-2)8-11(16-9)17(6-4-12)7-5-13/h8H,3,6-7H2,1-2H3,(H,14,15,16). The van der Waals surface area contributed by atoms with Gasteiger partial charge in [-0.2, -0.15) is 10.5 Å². The van der Waals surface area contributed by atoms with Gasteiger partial charge in [0.15, 0.2) is 0 Å². The lowest BCUT2D eigenvalue weighted by atomic mass is 10.4. The van der Waals surface area contributed by atoms with Gasteiger partial charge in [-0.05, 0) is 0 Å². The summed E-state index contributed by atoms with van der Waals surface area (Å²) in [6, 6.07) is 5.77. The molecule has 0 radical (unpaired) electrons. The molecule has 17 heavy (non-hydrogen) atoms. The highest BCUT2D eigenvalue weighted by atomic mass is 15.2. The van der Waals surface area contributed by atoms with E-state index in [9.17, 15) is 0 Å². The van der Waals surface area contributed by atoms with E-state index in [-0.39, 0.29) is 13.1 Å². The van der Waals surface area contributed by atoms with E-state index in [1.165, 1.54) is 0 Å². The Morgan fingerprint density at radius 2 is 1.94 bits per heavy atom. The van der Waals surface area contributed by atoms with Gasteiger partial charge in [0, 0.05) is 19.5 Å². The lowest BCUT2D eigenvalue weighted by molar-refractivity contribution is 0.880. The second kappa shape index (κ2) is 6.29. The summed E-state index contributed by atoms with van der Waals surface area (Å²) in [5.41, 5.74) is 0. The van der Waals surface area contributed by atoms with Crippen molar-refractivity contribution in [1.82, 2.24) is 9.97 Å². The first-order valence-corrected chi connectivity index (χ1v) is 5.29. The van der Waals surface area contributed by atoms with Crippen molar-refractivity contribution >= 4 is 11.6 Å². The molecule has 0 saturated carbocycles. The number of nitrogens with one attached hydrogen (secondary N) is 1. The Hall–Kier alpha value is -2.34. The summed E-state index contributed by atoms with van der Waals surface area (Å²) in [5, 5.41) is 20.4. The Morgan fingerprint density at radius 1 is 1.29 bits per heavy atom. The minimum absolute atomic E-state index is 0.136. The minimum Gasteiger partial charge on any atom is -0.373 e. The molecule has 1 rings (SSSR count). The van der Waals surface area contributed by atoms with Crippen LogP contribution in [0.4, 0.5) is 11.6 Å². The maximum atomic E-state index is 8.72. The molecule has 6 heteroatoms. The van der Waals surface area contributed by atoms with E-state index >= 15 is 0 Å². The first kappa shape index (κ1) is 12.7. The van der Waals surface area contributed by atoms with Crippen molar-refractivity contribution < 1.29 is 0 Å². The lowest BCUT2D eigenvalue weighted by Crippen LogP contribution is -2.25. The van der Waals surface area contributed by atoms with E-state index in [0.29, 0.717) is 23.9 Å². The van der Waals surface area contributed by atoms with Crippen LogP contribution >= 0.6 is 0 Å². The van der Waals surface area contributed by atoms with Crippen LogP contribution in [0.1, 0.15) is 12.7 Å². The highest BCUT2D eigenvalue weighted by Gasteiger charge is 2.10. The molecule has 0 spiro atoms. The van der Waals surface area contributed by atoms with Crippen molar-refractivity contribution in [3.8, 4) is 12.1 Å². The molecule has 0 aliphatic heterocycles. The number of anilines is 2. The molecule has 0 aliphatic carbocycles. The molecule has 0 bridgehead atoms.